The average molecular weight is 359 g/mol. The van der Waals surface area contributed by atoms with Crippen molar-refractivity contribution in [3.8, 4) is 5.75 Å². The first kappa shape index (κ1) is 18.9. The third-order valence-corrected chi connectivity index (χ3v) is 5.79. The zero-order valence-corrected chi connectivity index (χ0v) is 15.8. The summed E-state index contributed by atoms with van der Waals surface area (Å²) in [6, 6.07) is 5.87. The Morgan fingerprint density at radius 2 is 1.65 bits per heavy atom. The molecule has 3 rings (SSSR count). The molecule has 5 heteroatoms. The van der Waals surface area contributed by atoms with Crippen molar-refractivity contribution < 1.29 is 19.4 Å². The van der Waals surface area contributed by atoms with E-state index in [1.807, 2.05) is 32.0 Å². The number of β-amino-alcohol motifs (C(OH)–C–C–N with tert-alkyl or cyclic N) is 1. The maximum Gasteiger partial charge on any atom is 0.229 e. The number of amides is 2. The van der Waals surface area contributed by atoms with Crippen molar-refractivity contribution in [3.05, 3.63) is 29.3 Å². The lowest BCUT2D eigenvalue weighted by Crippen LogP contribution is -2.51. The van der Waals surface area contributed by atoms with Crippen LogP contribution in [0.15, 0.2) is 18.2 Å². The fourth-order valence-corrected chi connectivity index (χ4v) is 4.36. The number of hydrogen-bond donors (Lipinski definition) is 1. The molecule has 1 aliphatic heterocycles. The summed E-state index contributed by atoms with van der Waals surface area (Å²) in [4.78, 5) is 26.3. The van der Waals surface area contributed by atoms with Gasteiger partial charge < -0.3 is 9.84 Å². The molecule has 1 saturated heterocycles. The molecule has 5 nitrogen and oxygen atoms in total. The van der Waals surface area contributed by atoms with Gasteiger partial charge in [0, 0.05) is 12.8 Å². The number of aryl methyl sites for hydroxylation is 2. The topological polar surface area (TPSA) is 66.8 Å². The van der Waals surface area contributed by atoms with Gasteiger partial charge in [-0.25, -0.2) is 0 Å². The number of likely N-dealkylation sites (tertiary alicyclic amines) is 1. The highest BCUT2D eigenvalue weighted by atomic mass is 16.5. The molecule has 1 aliphatic carbocycles. The molecule has 1 aromatic rings. The van der Waals surface area contributed by atoms with E-state index in [4.69, 9.17) is 4.74 Å². The van der Waals surface area contributed by atoms with Crippen LogP contribution in [0.1, 0.15) is 56.1 Å². The Labute approximate surface area is 155 Å². The van der Waals surface area contributed by atoms with Gasteiger partial charge in [-0.05, 0) is 43.2 Å². The minimum atomic E-state index is -0.887. The molecule has 1 unspecified atom stereocenters. The van der Waals surface area contributed by atoms with Crippen LogP contribution in [0.4, 0.5) is 0 Å². The second kappa shape index (κ2) is 7.78. The number of imide groups is 1. The van der Waals surface area contributed by atoms with Crippen LogP contribution < -0.4 is 4.74 Å². The van der Waals surface area contributed by atoms with Gasteiger partial charge in [0.2, 0.25) is 11.8 Å². The zero-order valence-electron chi connectivity index (χ0n) is 15.8. The number of aliphatic hydroxyl groups is 1. The fraction of sp³-hybridized carbons (Fsp3) is 0.619. The first-order valence-electron chi connectivity index (χ1n) is 9.60. The Bertz CT molecular complexity index is 638. The summed E-state index contributed by atoms with van der Waals surface area (Å²) in [5, 5.41) is 10.3. The number of hydrogen-bond acceptors (Lipinski definition) is 4. The standard InChI is InChI=1S/C21H29NO4/c1-15-7-6-8-16(2)20(15)26-14-17(23)13-22-18(24)11-21(12-19(22)25)9-4-3-5-10-21/h6-8,17,23H,3-5,9-14H2,1-2H3. The molecule has 1 spiro atoms. The van der Waals surface area contributed by atoms with E-state index in [0.29, 0.717) is 12.8 Å². The van der Waals surface area contributed by atoms with E-state index >= 15 is 0 Å². The van der Waals surface area contributed by atoms with Gasteiger partial charge in [0.25, 0.3) is 0 Å². The molecule has 1 heterocycles. The van der Waals surface area contributed by atoms with Crippen molar-refractivity contribution in [1.29, 1.82) is 0 Å². The quantitative estimate of drug-likeness (QED) is 0.820. The van der Waals surface area contributed by atoms with Crippen LogP contribution in [0, 0.1) is 19.3 Å². The minimum absolute atomic E-state index is 0.0126. The van der Waals surface area contributed by atoms with Crippen LogP contribution >= 0.6 is 0 Å². The summed E-state index contributed by atoms with van der Waals surface area (Å²) in [5.41, 5.74) is 1.88. The molecule has 0 radical (unpaired) electrons. The smallest absolute Gasteiger partial charge is 0.229 e. The molecular weight excluding hydrogens is 330 g/mol. The van der Waals surface area contributed by atoms with Gasteiger partial charge in [0.15, 0.2) is 0 Å². The molecule has 1 aromatic carbocycles. The van der Waals surface area contributed by atoms with Crippen LogP contribution in [0.5, 0.6) is 5.75 Å². The predicted molar refractivity (Wildman–Crippen MR) is 98.9 cm³/mol. The second-order valence-corrected chi connectivity index (χ2v) is 8.00. The van der Waals surface area contributed by atoms with E-state index in [2.05, 4.69) is 0 Å². The van der Waals surface area contributed by atoms with Gasteiger partial charge in [-0.2, -0.15) is 0 Å². The number of carbonyl (C=O) groups excluding carboxylic acids is 2. The van der Waals surface area contributed by atoms with Crippen molar-refractivity contribution in [2.24, 2.45) is 5.41 Å². The third-order valence-electron chi connectivity index (χ3n) is 5.79. The predicted octanol–water partition coefficient (Wildman–Crippen LogP) is 3.14. The molecule has 1 saturated carbocycles. The lowest BCUT2D eigenvalue weighted by atomic mass is 9.67. The maximum atomic E-state index is 12.5. The van der Waals surface area contributed by atoms with Gasteiger partial charge in [-0.15, -0.1) is 0 Å². The lowest BCUT2D eigenvalue weighted by molar-refractivity contribution is -0.156. The van der Waals surface area contributed by atoms with E-state index in [0.717, 1.165) is 42.6 Å². The van der Waals surface area contributed by atoms with Gasteiger partial charge >= 0.3 is 0 Å². The number of para-hydroxylation sites is 1. The summed E-state index contributed by atoms with van der Waals surface area (Å²) < 4.78 is 5.75. The monoisotopic (exact) mass is 359 g/mol. The Balaban J connectivity index is 1.56. The van der Waals surface area contributed by atoms with Crippen LogP contribution in [-0.4, -0.2) is 41.1 Å². The van der Waals surface area contributed by atoms with Crippen molar-refractivity contribution >= 4 is 11.8 Å². The molecule has 26 heavy (non-hydrogen) atoms. The molecule has 2 amide bonds. The number of ether oxygens (including phenoxy) is 1. The summed E-state index contributed by atoms with van der Waals surface area (Å²) in [5.74, 6) is 0.465. The lowest BCUT2D eigenvalue weighted by Gasteiger charge is -2.42. The molecule has 2 aliphatic rings. The SMILES string of the molecule is Cc1cccc(C)c1OCC(O)CN1C(=O)CC2(CCCCC2)CC1=O. The first-order valence-corrected chi connectivity index (χ1v) is 9.60. The summed E-state index contributed by atoms with van der Waals surface area (Å²) in [6.45, 7) is 3.98. The van der Waals surface area contributed by atoms with Crippen molar-refractivity contribution in [2.75, 3.05) is 13.2 Å². The molecule has 1 atom stereocenters. The Morgan fingerprint density at radius 3 is 2.23 bits per heavy atom. The van der Waals surface area contributed by atoms with Crippen molar-refractivity contribution in [2.45, 2.75) is 64.9 Å². The van der Waals surface area contributed by atoms with E-state index in [9.17, 15) is 14.7 Å². The molecule has 0 aromatic heterocycles. The van der Waals surface area contributed by atoms with Gasteiger partial charge in [0.1, 0.15) is 18.5 Å². The molecule has 0 bridgehead atoms. The van der Waals surface area contributed by atoms with Crippen LogP contribution in [0.3, 0.4) is 0 Å². The van der Waals surface area contributed by atoms with Crippen LogP contribution in [-0.2, 0) is 9.59 Å². The summed E-state index contributed by atoms with van der Waals surface area (Å²) >= 11 is 0. The highest BCUT2D eigenvalue weighted by molar-refractivity contribution is 5.98. The number of benzene rings is 1. The van der Waals surface area contributed by atoms with E-state index in [1.54, 1.807) is 0 Å². The van der Waals surface area contributed by atoms with Gasteiger partial charge in [-0.3, -0.25) is 14.5 Å². The first-order chi connectivity index (χ1) is 12.4. The highest BCUT2D eigenvalue weighted by Gasteiger charge is 2.44. The van der Waals surface area contributed by atoms with E-state index < -0.39 is 6.10 Å². The van der Waals surface area contributed by atoms with Crippen molar-refractivity contribution in [3.63, 3.8) is 0 Å². The molecule has 1 N–H and O–H groups in total. The highest BCUT2D eigenvalue weighted by Crippen LogP contribution is 2.45. The Hall–Kier alpha value is -1.88. The number of nitrogens with zero attached hydrogens (tertiary/aromatic N) is 1. The molecular formula is C21H29NO4. The second-order valence-electron chi connectivity index (χ2n) is 8.00. The van der Waals surface area contributed by atoms with Gasteiger partial charge in [0.05, 0.1) is 6.54 Å². The van der Waals surface area contributed by atoms with Gasteiger partial charge in [-0.1, -0.05) is 37.5 Å². The fourth-order valence-electron chi connectivity index (χ4n) is 4.36. The number of aliphatic hydroxyl groups excluding tert-OH is 1. The van der Waals surface area contributed by atoms with E-state index in [1.165, 1.54) is 11.3 Å². The maximum absolute atomic E-state index is 12.5. The molecule has 142 valence electrons. The Morgan fingerprint density at radius 1 is 1.08 bits per heavy atom. The molecule has 2 fully saturated rings. The summed E-state index contributed by atoms with van der Waals surface area (Å²) in [6.07, 6.45) is 5.32. The van der Waals surface area contributed by atoms with Crippen LogP contribution in [0.25, 0.3) is 0 Å². The summed E-state index contributed by atoms with van der Waals surface area (Å²) in [7, 11) is 0. The number of piperidine rings is 1. The number of rotatable bonds is 5. The average Bonchev–Trinajstić information content (AvgIpc) is 2.58. The number of carbonyl (C=O) groups is 2. The minimum Gasteiger partial charge on any atom is -0.490 e. The van der Waals surface area contributed by atoms with Crippen LogP contribution in [0.2, 0.25) is 0 Å². The van der Waals surface area contributed by atoms with Crippen molar-refractivity contribution in [1.82, 2.24) is 4.90 Å². The Kier molecular flexibility index (Phi) is 5.66. The zero-order chi connectivity index (χ0) is 18.7. The largest absolute Gasteiger partial charge is 0.490 e. The third kappa shape index (κ3) is 4.09. The normalized spacial score (nSPS) is 21.1. The van der Waals surface area contributed by atoms with E-state index in [-0.39, 0.29) is 30.4 Å².